The number of hydrogen-bond acceptors (Lipinski definition) is 9. The molecule has 0 amide bonds. The number of halogens is 18. The SMILES string of the molecule is Cc1cc(OS(=O)(=O)C(F)(F)C(F)(F)C(F)(F)C(F)(F)F)cc(-c2cccc(-c3cc(OS(=O)(=O)C(F)(F)C(F)(F)C(F)(F)C(F)(F)F)cc(C)[n+]3[O-])n2)n1. The van der Waals surface area contributed by atoms with Crippen LogP contribution in [0.5, 0.6) is 11.5 Å². The van der Waals surface area contributed by atoms with Gasteiger partial charge in [0, 0.05) is 24.8 Å². The summed E-state index contributed by atoms with van der Waals surface area (Å²) in [6.07, 6.45) is -14.8. The van der Waals surface area contributed by atoms with E-state index in [0.717, 1.165) is 32.0 Å². The van der Waals surface area contributed by atoms with Crippen molar-refractivity contribution in [3.8, 4) is 34.3 Å². The van der Waals surface area contributed by atoms with Crippen molar-refractivity contribution in [3.63, 3.8) is 0 Å². The Morgan fingerprint density at radius 1 is 0.545 bits per heavy atom. The van der Waals surface area contributed by atoms with Gasteiger partial charge in [-0.15, -0.1) is 0 Å². The van der Waals surface area contributed by atoms with Crippen LogP contribution < -0.4 is 13.1 Å². The van der Waals surface area contributed by atoms with Gasteiger partial charge in [0.2, 0.25) is 5.69 Å². The molecule has 0 saturated heterocycles. The van der Waals surface area contributed by atoms with E-state index in [9.17, 15) is 101 Å². The Labute approximate surface area is 293 Å². The molecule has 0 saturated carbocycles. The van der Waals surface area contributed by atoms with Crippen molar-refractivity contribution in [3.05, 3.63) is 59.1 Å². The molecule has 30 heteroatoms. The highest BCUT2D eigenvalue weighted by Gasteiger charge is 2.87. The zero-order valence-corrected chi connectivity index (χ0v) is 27.5. The number of aromatic nitrogens is 3. The van der Waals surface area contributed by atoms with E-state index in [1.165, 1.54) is 0 Å². The Balaban J connectivity index is 2.08. The summed E-state index contributed by atoms with van der Waals surface area (Å²) in [6, 6.07) is 3.37. The van der Waals surface area contributed by atoms with Crippen molar-refractivity contribution in [2.75, 3.05) is 0 Å². The maximum Gasteiger partial charge on any atom is 0.460 e. The van der Waals surface area contributed by atoms with Crippen molar-refractivity contribution < 1.29 is 109 Å². The summed E-state index contributed by atoms with van der Waals surface area (Å²) in [5, 5.41) is -1.88. The number of rotatable bonds is 12. The summed E-state index contributed by atoms with van der Waals surface area (Å²) in [5.74, 6) is -33.8. The topological polar surface area (TPSA) is 139 Å². The molecule has 3 rings (SSSR count). The van der Waals surface area contributed by atoms with E-state index in [2.05, 4.69) is 18.3 Å². The van der Waals surface area contributed by atoms with Crippen molar-refractivity contribution in [1.82, 2.24) is 9.97 Å². The van der Waals surface area contributed by atoms with Crippen LogP contribution in [0.15, 0.2) is 42.5 Å². The van der Waals surface area contributed by atoms with E-state index < -0.39 is 112 Å². The Kier molecular flexibility index (Phi) is 10.9. The van der Waals surface area contributed by atoms with Crippen LogP contribution in [0.2, 0.25) is 0 Å². The van der Waals surface area contributed by atoms with E-state index in [4.69, 9.17) is 0 Å². The molecule has 3 heterocycles. The molecule has 308 valence electrons. The molecule has 0 N–H and O–H groups in total. The van der Waals surface area contributed by atoms with Gasteiger partial charge >= 0.3 is 66.8 Å². The summed E-state index contributed by atoms with van der Waals surface area (Å²) >= 11 is 0. The van der Waals surface area contributed by atoms with Gasteiger partial charge in [-0.05, 0) is 19.1 Å². The number of alkyl halides is 18. The molecule has 0 atom stereocenters. The first kappa shape index (κ1) is 44.9. The quantitative estimate of drug-likeness (QED) is 0.0793. The standard InChI is InChI=1S/C25H13F18N3O7S2/c1-10-6-12(52-54(48,49)24(40,41)20(30,31)18(26,27)22(34,35)36)8-16(44-10)14-4-3-5-15(45-14)17-9-13(7-11(2)46(17)47)53-55(50,51)25(42,43)21(32,33)19(28,29)23(37,38)39/h3-9H,1-2H3. The average Bonchev–Trinajstić information content (AvgIpc) is 3.00. The smallest absolute Gasteiger partial charge is 0.460 e. The molecule has 0 fully saturated rings. The van der Waals surface area contributed by atoms with Gasteiger partial charge in [0.25, 0.3) is 0 Å². The van der Waals surface area contributed by atoms with Crippen LogP contribution in [0.1, 0.15) is 11.4 Å². The van der Waals surface area contributed by atoms with Gasteiger partial charge in [-0.1, -0.05) is 6.07 Å². The lowest BCUT2D eigenvalue weighted by Gasteiger charge is -2.32. The molecular formula is C25H13F18N3O7S2. The van der Waals surface area contributed by atoms with E-state index >= 15 is 0 Å². The van der Waals surface area contributed by atoms with Crippen LogP contribution in [0, 0.1) is 19.1 Å². The summed E-state index contributed by atoms with van der Waals surface area (Å²) < 4.78 is 295. The van der Waals surface area contributed by atoms with Gasteiger partial charge in [0.15, 0.2) is 11.4 Å². The number of pyridine rings is 3. The first-order valence-electron chi connectivity index (χ1n) is 13.3. The molecule has 55 heavy (non-hydrogen) atoms. The van der Waals surface area contributed by atoms with Crippen LogP contribution >= 0.6 is 0 Å². The van der Waals surface area contributed by atoms with E-state index in [0.29, 0.717) is 6.07 Å². The average molecular weight is 873 g/mol. The fraction of sp³-hybridized carbons (Fsp3) is 0.400. The largest absolute Gasteiger partial charge is 0.618 e. The summed E-state index contributed by atoms with van der Waals surface area (Å²) in [5.41, 5.74) is -4.59. The third-order valence-electron chi connectivity index (χ3n) is 6.64. The van der Waals surface area contributed by atoms with Crippen molar-refractivity contribution in [1.29, 1.82) is 0 Å². The lowest BCUT2D eigenvalue weighted by molar-refractivity contribution is -0.600. The normalized spacial score (nSPS) is 14.5. The maximum atomic E-state index is 14.2. The van der Waals surface area contributed by atoms with E-state index in [-0.39, 0.29) is 22.9 Å². The highest BCUT2D eigenvalue weighted by atomic mass is 32.2. The van der Waals surface area contributed by atoms with Crippen LogP contribution in [-0.2, 0) is 20.2 Å². The minimum absolute atomic E-state index is 0.0869. The van der Waals surface area contributed by atoms with Crippen LogP contribution in [-0.4, -0.2) is 73.4 Å². The first-order valence-corrected chi connectivity index (χ1v) is 16.1. The number of aryl methyl sites for hydroxylation is 2. The summed E-state index contributed by atoms with van der Waals surface area (Å²) in [7, 11) is -15.0. The second kappa shape index (κ2) is 13.3. The summed E-state index contributed by atoms with van der Waals surface area (Å²) in [4.78, 5) is 7.47. The molecule has 0 radical (unpaired) electrons. The van der Waals surface area contributed by atoms with Gasteiger partial charge < -0.3 is 13.6 Å². The van der Waals surface area contributed by atoms with Crippen LogP contribution in [0.4, 0.5) is 79.0 Å². The molecule has 3 aromatic heterocycles. The predicted molar refractivity (Wildman–Crippen MR) is 142 cm³/mol. The maximum absolute atomic E-state index is 14.2. The lowest BCUT2D eigenvalue weighted by Crippen LogP contribution is -2.63. The third-order valence-corrected chi connectivity index (χ3v) is 9.23. The van der Waals surface area contributed by atoms with Crippen LogP contribution in [0.3, 0.4) is 0 Å². The van der Waals surface area contributed by atoms with Gasteiger partial charge in [0.1, 0.15) is 11.4 Å². The van der Waals surface area contributed by atoms with Crippen LogP contribution in [0.25, 0.3) is 22.8 Å². The third kappa shape index (κ3) is 7.32. The van der Waals surface area contributed by atoms with Gasteiger partial charge in [0.05, 0.1) is 23.5 Å². The molecular weight excluding hydrogens is 860 g/mol. The number of hydrogen-bond donors (Lipinski definition) is 0. The van der Waals surface area contributed by atoms with Crippen molar-refractivity contribution in [2.45, 2.75) is 60.4 Å². The Morgan fingerprint density at radius 2 is 0.945 bits per heavy atom. The molecule has 3 aromatic rings. The molecule has 0 aromatic carbocycles. The molecule has 10 nitrogen and oxygen atoms in total. The van der Waals surface area contributed by atoms with Gasteiger partial charge in [-0.2, -0.15) is 101 Å². The molecule has 0 spiro atoms. The highest BCUT2D eigenvalue weighted by molar-refractivity contribution is 7.88. The zero-order valence-electron chi connectivity index (χ0n) is 25.9. The van der Waals surface area contributed by atoms with E-state index in [1.54, 1.807) is 0 Å². The second-order valence-electron chi connectivity index (χ2n) is 10.7. The number of nitrogens with zero attached hydrogens (tertiary/aromatic N) is 3. The Bertz CT molecular complexity index is 2190. The van der Waals surface area contributed by atoms with Crippen molar-refractivity contribution >= 4 is 20.2 Å². The lowest BCUT2D eigenvalue weighted by atomic mass is 10.1. The minimum Gasteiger partial charge on any atom is -0.618 e. The van der Waals surface area contributed by atoms with Crippen molar-refractivity contribution in [2.24, 2.45) is 0 Å². The molecule has 0 bridgehead atoms. The highest BCUT2D eigenvalue weighted by Crippen LogP contribution is 2.56. The Hall–Kier alpha value is -4.51. The summed E-state index contributed by atoms with van der Waals surface area (Å²) in [6.45, 7) is 1.64. The fourth-order valence-corrected chi connectivity index (χ4v) is 5.64. The zero-order chi connectivity index (χ0) is 43.0. The predicted octanol–water partition coefficient (Wildman–Crippen LogP) is 7.33. The van der Waals surface area contributed by atoms with E-state index in [1.807, 2.05) is 0 Å². The Morgan fingerprint density at radius 3 is 1.36 bits per heavy atom. The molecule has 0 aliphatic rings. The van der Waals surface area contributed by atoms with Gasteiger partial charge in [-0.25, -0.2) is 4.98 Å². The fourth-order valence-electron chi connectivity index (χ4n) is 3.85. The monoisotopic (exact) mass is 873 g/mol. The minimum atomic E-state index is -7.70. The molecule has 0 aliphatic heterocycles. The molecule has 0 unspecified atom stereocenters. The first-order chi connectivity index (χ1) is 24.3. The second-order valence-corrected chi connectivity index (χ2v) is 13.8. The molecule has 0 aliphatic carbocycles. The van der Waals surface area contributed by atoms with Gasteiger partial charge in [-0.3, -0.25) is 4.98 Å².